The van der Waals surface area contributed by atoms with E-state index in [2.05, 4.69) is 10.6 Å². The van der Waals surface area contributed by atoms with Gasteiger partial charge in [0, 0.05) is 17.5 Å². The summed E-state index contributed by atoms with van der Waals surface area (Å²) in [6.45, 7) is 1.12. The lowest BCUT2D eigenvalue weighted by Crippen LogP contribution is -2.10. The third kappa shape index (κ3) is 3.21. The Morgan fingerprint density at radius 3 is 2.54 bits per heavy atom. The highest BCUT2D eigenvalue weighted by Crippen LogP contribution is 2.54. The van der Waals surface area contributed by atoms with Crippen LogP contribution in [0.5, 0.6) is 5.75 Å². The summed E-state index contributed by atoms with van der Waals surface area (Å²) in [5, 5.41) is 0.684. The monoisotopic (exact) mass is 380 g/mol. The molecule has 0 spiro atoms. The molecule has 0 amide bonds. The van der Waals surface area contributed by atoms with E-state index in [0.29, 0.717) is 11.6 Å². The van der Waals surface area contributed by atoms with Gasteiger partial charge in [0.25, 0.3) is 0 Å². The Balaban J connectivity index is 1.60. The lowest BCUT2D eigenvalue weighted by atomic mass is 10.3. The first-order chi connectivity index (χ1) is 11.5. The van der Waals surface area contributed by atoms with E-state index in [1.807, 2.05) is 30.3 Å². The Morgan fingerprint density at radius 1 is 1.12 bits per heavy atom. The molecular formula is C18H15Cl3N2O. The Bertz CT molecular complexity index is 874. The van der Waals surface area contributed by atoms with Gasteiger partial charge in [-0.15, -0.1) is 23.2 Å². The fourth-order valence-electron chi connectivity index (χ4n) is 2.81. The van der Waals surface area contributed by atoms with Crippen LogP contribution in [0.25, 0.3) is 11.0 Å². The van der Waals surface area contributed by atoms with Crippen LogP contribution in [0, 0.1) is 5.92 Å². The van der Waals surface area contributed by atoms with Crippen molar-refractivity contribution in [3.05, 3.63) is 59.4 Å². The van der Waals surface area contributed by atoms with E-state index in [1.54, 1.807) is 12.1 Å². The van der Waals surface area contributed by atoms with Crippen molar-refractivity contribution in [1.82, 2.24) is 9.55 Å². The van der Waals surface area contributed by atoms with E-state index in [-0.39, 0.29) is 5.92 Å². The molecule has 1 aliphatic rings. The number of hydrogen-bond donors (Lipinski definition) is 0. The highest BCUT2D eigenvalue weighted by Gasteiger charge is 2.51. The van der Waals surface area contributed by atoms with Crippen LogP contribution >= 0.6 is 34.8 Å². The van der Waals surface area contributed by atoms with Crippen LogP contribution in [0.1, 0.15) is 12.2 Å². The van der Waals surface area contributed by atoms with E-state index in [9.17, 15) is 0 Å². The van der Waals surface area contributed by atoms with Crippen LogP contribution in [0.2, 0.25) is 5.02 Å². The molecule has 1 atom stereocenters. The van der Waals surface area contributed by atoms with Gasteiger partial charge in [0.1, 0.15) is 22.5 Å². The van der Waals surface area contributed by atoms with Gasteiger partial charge in [-0.3, -0.25) is 0 Å². The minimum absolute atomic E-state index is 0.243. The summed E-state index contributed by atoms with van der Waals surface area (Å²) in [6, 6.07) is 15.3. The third-order valence-electron chi connectivity index (χ3n) is 4.27. The molecule has 0 saturated heterocycles. The number of hydrogen-bond acceptors (Lipinski definition) is 2. The van der Waals surface area contributed by atoms with Crippen LogP contribution in [0.15, 0.2) is 48.5 Å². The summed E-state index contributed by atoms with van der Waals surface area (Å²) in [4.78, 5) is 4.70. The van der Waals surface area contributed by atoms with Crippen molar-refractivity contribution < 1.29 is 4.74 Å². The van der Waals surface area contributed by atoms with Gasteiger partial charge >= 0.3 is 0 Å². The maximum Gasteiger partial charge on any atom is 0.148 e. The molecule has 124 valence electrons. The number of aromatic nitrogens is 2. The van der Waals surface area contributed by atoms with Crippen molar-refractivity contribution in [2.24, 2.45) is 5.92 Å². The first kappa shape index (κ1) is 16.1. The molecule has 1 fully saturated rings. The first-order valence-electron chi connectivity index (χ1n) is 7.73. The van der Waals surface area contributed by atoms with Crippen molar-refractivity contribution in [2.45, 2.75) is 23.9 Å². The fourth-order valence-corrected chi connectivity index (χ4v) is 3.44. The number of ether oxygens (including phenoxy) is 1. The second-order valence-electron chi connectivity index (χ2n) is 6.03. The van der Waals surface area contributed by atoms with Gasteiger partial charge in [0.15, 0.2) is 0 Å². The molecule has 1 aromatic heterocycles. The number of benzene rings is 2. The van der Waals surface area contributed by atoms with Gasteiger partial charge in [-0.05, 0) is 42.8 Å². The molecule has 2 aromatic carbocycles. The molecule has 24 heavy (non-hydrogen) atoms. The molecule has 0 radical (unpaired) electrons. The maximum absolute atomic E-state index is 6.20. The van der Waals surface area contributed by atoms with Gasteiger partial charge < -0.3 is 9.30 Å². The van der Waals surface area contributed by atoms with Gasteiger partial charge in [-0.1, -0.05) is 23.7 Å². The van der Waals surface area contributed by atoms with Crippen LogP contribution in [0.4, 0.5) is 0 Å². The fraction of sp³-hybridized carbons (Fsp3) is 0.278. The van der Waals surface area contributed by atoms with Gasteiger partial charge in [-0.25, -0.2) is 4.98 Å². The second kappa shape index (κ2) is 6.14. The Morgan fingerprint density at radius 2 is 1.83 bits per heavy atom. The lowest BCUT2D eigenvalue weighted by Gasteiger charge is -2.11. The maximum atomic E-state index is 6.20. The number of fused-ring (bicyclic) bond motifs is 1. The first-order valence-corrected chi connectivity index (χ1v) is 8.87. The minimum Gasteiger partial charge on any atom is -0.486 e. The molecule has 1 saturated carbocycles. The molecule has 0 bridgehead atoms. The van der Waals surface area contributed by atoms with E-state index >= 15 is 0 Å². The van der Waals surface area contributed by atoms with E-state index in [1.165, 1.54) is 0 Å². The quantitative estimate of drug-likeness (QED) is 0.548. The van der Waals surface area contributed by atoms with Crippen molar-refractivity contribution in [3.63, 3.8) is 0 Å². The number of imidazole rings is 1. The minimum atomic E-state index is -0.611. The molecule has 1 aliphatic carbocycles. The van der Waals surface area contributed by atoms with E-state index in [4.69, 9.17) is 44.5 Å². The van der Waals surface area contributed by atoms with Crippen molar-refractivity contribution in [1.29, 1.82) is 0 Å². The normalized spacial score (nSPS) is 18.7. The Kier molecular flexibility index (Phi) is 4.11. The third-order valence-corrected chi connectivity index (χ3v) is 5.45. The molecule has 0 N–H and O–H groups in total. The Labute approximate surface area is 155 Å². The largest absolute Gasteiger partial charge is 0.486 e. The van der Waals surface area contributed by atoms with Gasteiger partial charge in [0.05, 0.1) is 11.0 Å². The average molecular weight is 382 g/mol. The molecular weight excluding hydrogens is 367 g/mol. The topological polar surface area (TPSA) is 27.1 Å². The summed E-state index contributed by atoms with van der Waals surface area (Å²) in [5.41, 5.74) is 2.02. The predicted octanol–water partition coefficient (Wildman–Crippen LogP) is 5.46. The molecule has 0 aliphatic heterocycles. The van der Waals surface area contributed by atoms with Gasteiger partial charge in [-0.2, -0.15) is 0 Å². The zero-order chi connectivity index (χ0) is 16.7. The average Bonchev–Trinajstić information content (AvgIpc) is 3.01. The zero-order valence-corrected chi connectivity index (χ0v) is 15.0. The molecule has 3 nitrogen and oxygen atoms in total. The van der Waals surface area contributed by atoms with Crippen molar-refractivity contribution in [3.8, 4) is 5.75 Å². The molecule has 4 rings (SSSR count). The van der Waals surface area contributed by atoms with Gasteiger partial charge in [0.2, 0.25) is 0 Å². The number of rotatable bonds is 5. The summed E-state index contributed by atoms with van der Waals surface area (Å²) in [7, 11) is 0. The smallest absolute Gasteiger partial charge is 0.148 e. The lowest BCUT2D eigenvalue weighted by molar-refractivity contribution is 0.289. The summed E-state index contributed by atoms with van der Waals surface area (Å²) < 4.78 is 7.41. The molecule has 1 heterocycles. The summed E-state index contributed by atoms with van der Waals surface area (Å²) >= 11 is 18.3. The van der Waals surface area contributed by atoms with Crippen LogP contribution in [0.3, 0.4) is 0 Å². The highest BCUT2D eigenvalue weighted by molar-refractivity contribution is 6.50. The number of alkyl halides is 2. The zero-order valence-electron chi connectivity index (χ0n) is 12.8. The summed E-state index contributed by atoms with van der Waals surface area (Å²) in [6.07, 6.45) is 0.806. The van der Waals surface area contributed by atoms with Crippen LogP contribution < -0.4 is 4.74 Å². The SMILES string of the molecule is Clc1ccc(OCc2nc3ccccc3n2C[C@@H]2CC2(Cl)Cl)cc1. The number of nitrogens with zero attached hydrogens (tertiary/aromatic N) is 2. The van der Waals surface area contributed by atoms with Crippen LogP contribution in [-0.2, 0) is 13.2 Å². The van der Waals surface area contributed by atoms with Crippen LogP contribution in [-0.4, -0.2) is 13.9 Å². The predicted molar refractivity (Wildman–Crippen MR) is 98.1 cm³/mol. The Hall–Kier alpha value is -1.42. The standard InChI is InChI=1S/C18H15Cl3N2O/c19-13-5-7-14(8-6-13)24-11-17-22-15-3-1-2-4-16(15)23(17)10-12-9-18(12,20)21/h1-8,12H,9-11H2/t12-/m0/s1. The van der Waals surface area contributed by atoms with E-state index < -0.39 is 4.33 Å². The summed E-state index contributed by atoms with van der Waals surface area (Å²) in [5.74, 6) is 1.86. The second-order valence-corrected chi connectivity index (χ2v) is 8.01. The number of para-hydroxylation sites is 2. The molecule has 3 aromatic rings. The molecule has 6 heteroatoms. The number of halogens is 3. The van der Waals surface area contributed by atoms with E-state index in [0.717, 1.165) is 35.6 Å². The molecule has 0 unspecified atom stereocenters. The highest BCUT2D eigenvalue weighted by atomic mass is 35.5. The van der Waals surface area contributed by atoms with Crippen molar-refractivity contribution in [2.75, 3.05) is 0 Å². The van der Waals surface area contributed by atoms with Crippen molar-refractivity contribution >= 4 is 45.8 Å².